The van der Waals surface area contributed by atoms with Crippen LogP contribution in [0.4, 0.5) is 5.69 Å². The standard InChI is InChI=1S/C15H20N2O2S/c1-9(2)13-15(19)17(10(3)14(18)16-13)11-6-5-7-12(8-11)20-4/h5-10,13H,1-4H3,(H,16,18). The average molecular weight is 292 g/mol. The molecule has 0 bridgehead atoms. The van der Waals surface area contributed by atoms with E-state index in [0.29, 0.717) is 0 Å². The summed E-state index contributed by atoms with van der Waals surface area (Å²) in [5.74, 6) is -0.0617. The summed E-state index contributed by atoms with van der Waals surface area (Å²) in [5.41, 5.74) is 0.787. The van der Waals surface area contributed by atoms with Crippen molar-refractivity contribution in [2.45, 2.75) is 37.8 Å². The van der Waals surface area contributed by atoms with Gasteiger partial charge in [-0.25, -0.2) is 0 Å². The highest BCUT2D eigenvalue weighted by atomic mass is 32.2. The molecule has 1 aromatic rings. The highest BCUT2D eigenvalue weighted by Gasteiger charge is 2.40. The molecule has 2 unspecified atom stereocenters. The molecule has 1 aromatic carbocycles. The molecule has 1 heterocycles. The quantitative estimate of drug-likeness (QED) is 0.870. The van der Waals surface area contributed by atoms with E-state index in [4.69, 9.17) is 0 Å². The molecular weight excluding hydrogens is 272 g/mol. The fraction of sp³-hybridized carbons (Fsp3) is 0.467. The third-order valence-electron chi connectivity index (χ3n) is 3.57. The number of carbonyl (C=O) groups is 2. The van der Waals surface area contributed by atoms with E-state index >= 15 is 0 Å². The number of benzene rings is 1. The lowest BCUT2D eigenvalue weighted by Crippen LogP contribution is -2.64. The third kappa shape index (κ3) is 2.68. The van der Waals surface area contributed by atoms with E-state index in [2.05, 4.69) is 5.32 Å². The predicted octanol–water partition coefficient (Wildman–Crippen LogP) is 2.28. The molecule has 1 aliphatic rings. The molecular formula is C15H20N2O2S. The summed E-state index contributed by atoms with van der Waals surface area (Å²) in [6.45, 7) is 5.64. The molecule has 2 atom stereocenters. The van der Waals surface area contributed by atoms with Gasteiger partial charge in [0.2, 0.25) is 5.91 Å². The van der Waals surface area contributed by atoms with E-state index in [1.807, 2.05) is 44.4 Å². The fourth-order valence-corrected chi connectivity index (χ4v) is 2.81. The van der Waals surface area contributed by atoms with Crippen molar-refractivity contribution in [3.8, 4) is 0 Å². The van der Waals surface area contributed by atoms with Gasteiger partial charge in [0, 0.05) is 10.6 Å². The van der Waals surface area contributed by atoms with Crippen LogP contribution in [0.5, 0.6) is 0 Å². The Morgan fingerprint density at radius 1 is 1.30 bits per heavy atom. The molecule has 0 saturated carbocycles. The minimum atomic E-state index is -0.477. The van der Waals surface area contributed by atoms with Crippen LogP contribution in [-0.4, -0.2) is 30.2 Å². The van der Waals surface area contributed by atoms with Crippen molar-refractivity contribution < 1.29 is 9.59 Å². The third-order valence-corrected chi connectivity index (χ3v) is 4.29. The summed E-state index contributed by atoms with van der Waals surface area (Å²) in [5, 5.41) is 2.81. The maximum Gasteiger partial charge on any atom is 0.250 e. The second-order valence-electron chi connectivity index (χ2n) is 5.32. The molecule has 5 heteroatoms. The molecule has 4 nitrogen and oxygen atoms in total. The number of thioether (sulfide) groups is 1. The van der Waals surface area contributed by atoms with Crippen LogP contribution < -0.4 is 10.2 Å². The van der Waals surface area contributed by atoms with Gasteiger partial charge in [-0.1, -0.05) is 19.9 Å². The molecule has 0 spiro atoms. The van der Waals surface area contributed by atoms with Crippen LogP contribution in [0.3, 0.4) is 0 Å². The maximum absolute atomic E-state index is 12.6. The Hall–Kier alpha value is -1.49. The van der Waals surface area contributed by atoms with Gasteiger partial charge in [-0.3, -0.25) is 14.5 Å². The van der Waals surface area contributed by atoms with Crippen LogP contribution in [0.1, 0.15) is 20.8 Å². The number of nitrogens with zero attached hydrogens (tertiary/aromatic N) is 1. The van der Waals surface area contributed by atoms with Crippen LogP contribution in [0.15, 0.2) is 29.2 Å². The van der Waals surface area contributed by atoms with Gasteiger partial charge < -0.3 is 5.32 Å². The van der Waals surface area contributed by atoms with Gasteiger partial charge in [-0.2, -0.15) is 0 Å². The first-order valence-electron chi connectivity index (χ1n) is 6.73. The molecule has 20 heavy (non-hydrogen) atoms. The Balaban J connectivity index is 2.40. The number of rotatable bonds is 3. The van der Waals surface area contributed by atoms with Crippen molar-refractivity contribution >= 4 is 29.3 Å². The summed E-state index contributed by atoms with van der Waals surface area (Å²) in [4.78, 5) is 27.4. The van der Waals surface area contributed by atoms with Gasteiger partial charge in [0.25, 0.3) is 5.91 Å². The smallest absolute Gasteiger partial charge is 0.250 e. The topological polar surface area (TPSA) is 49.4 Å². The van der Waals surface area contributed by atoms with E-state index < -0.39 is 12.1 Å². The van der Waals surface area contributed by atoms with E-state index in [-0.39, 0.29) is 17.7 Å². The molecule has 0 aliphatic carbocycles. The Bertz CT molecular complexity index is 530. The van der Waals surface area contributed by atoms with E-state index in [9.17, 15) is 9.59 Å². The van der Waals surface area contributed by atoms with Crippen molar-refractivity contribution in [1.29, 1.82) is 0 Å². The zero-order chi connectivity index (χ0) is 14.9. The molecule has 1 fully saturated rings. The molecule has 1 saturated heterocycles. The Kier molecular flexibility index (Phi) is 4.38. The SMILES string of the molecule is CSc1cccc(N2C(=O)C(C(C)C)NC(=O)C2C)c1. The molecule has 1 N–H and O–H groups in total. The predicted molar refractivity (Wildman–Crippen MR) is 81.9 cm³/mol. The lowest BCUT2D eigenvalue weighted by Gasteiger charge is -2.38. The number of carbonyl (C=O) groups excluding carboxylic acids is 2. The summed E-state index contributed by atoms with van der Waals surface area (Å²) in [6.07, 6.45) is 1.99. The van der Waals surface area contributed by atoms with Crippen LogP contribution in [0.25, 0.3) is 0 Å². The van der Waals surface area contributed by atoms with Crippen molar-refractivity contribution in [1.82, 2.24) is 5.32 Å². The number of hydrogen-bond acceptors (Lipinski definition) is 3. The summed E-state index contributed by atoms with van der Waals surface area (Å²) in [6, 6.07) is 6.82. The van der Waals surface area contributed by atoms with Gasteiger partial charge in [0.05, 0.1) is 0 Å². The molecule has 0 radical (unpaired) electrons. The lowest BCUT2D eigenvalue weighted by atomic mass is 9.98. The second kappa shape index (κ2) is 5.87. The Morgan fingerprint density at radius 2 is 2.00 bits per heavy atom. The van der Waals surface area contributed by atoms with Gasteiger partial charge in [-0.05, 0) is 37.3 Å². The summed E-state index contributed by atoms with van der Waals surface area (Å²) >= 11 is 1.62. The highest BCUT2D eigenvalue weighted by molar-refractivity contribution is 7.98. The van der Waals surface area contributed by atoms with E-state index in [0.717, 1.165) is 10.6 Å². The maximum atomic E-state index is 12.6. The minimum Gasteiger partial charge on any atom is -0.342 e. The molecule has 108 valence electrons. The highest BCUT2D eigenvalue weighted by Crippen LogP contribution is 2.27. The van der Waals surface area contributed by atoms with Gasteiger partial charge in [-0.15, -0.1) is 11.8 Å². The summed E-state index contributed by atoms with van der Waals surface area (Å²) < 4.78 is 0. The van der Waals surface area contributed by atoms with E-state index in [1.165, 1.54) is 0 Å². The first-order valence-corrected chi connectivity index (χ1v) is 7.95. The number of anilines is 1. The molecule has 1 aliphatic heterocycles. The van der Waals surface area contributed by atoms with Crippen LogP contribution in [0, 0.1) is 5.92 Å². The van der Waals surface area contributed by atoms with Crippen molar-refractivity contribution in [3.05, 3.63) is 24.3 Å². The second-order valence-corrected chi connectivity index (χ2v) is 6.20. The first-order chi connectivity index (χ1) is 9.45. The van der Waals surface area contributed by atoms with E-state index in [1.54, 1.807) is 23.6 Å². The monoisotopic (exact) mass is 292 g/mol. The number of nitrogens with one attached hydrogen (secondary N) is 1. The minimum absolute atomic E-state index is 0.0367. The normalized spacial score (nSPS) is 23.1. The van der Waals surface area contributed by atoms with Crippen molar-refractivity contribution in [3.63, 3.8) is 0 Å². The van der Waals surface area contributed by atoms with Crippen LogP contribution in [-0.2, 0) is 9.59 Å². The average Bonchev–Trinajstić information content (AvgIpc) is 2.43. The van der Waals surface area contributed by atoms with Crippen LogP contribution >= 0.6 is 11.8 Å². The first kappa shape index (κ1) is 14.9. The molecule has 2 rings (SSSR count). The fourth-order valence-electron chi connectivity index (χ4n) is 2.36. The number of amides is 2. The zero-order valence-corrected chi connectivity index (χ0v) is 13.0. The molecule has 2 amide bonds. The Morgan fingerprint density at radius 3 is 2.60 bits per heavy atom. The summed E-state index contributed by atoms with van der Waals surface area (Å²) in [7, 11) is 0. The van der Waals surface area contributed by atoms with Crippen molar-refractivity contribution in [2.24, 2.45) is 5.92 Å². The molecule has 0 aromatic heterocycles. The Labute approximate surface area is 123 Å². The van der Waals surface area contributed by atoms with Gasteiger partial charge in [0.1, 0.15) is 12.1 Å². The van der Waals surface area contributed by atoms with Gasteiger partial charge >= 0.3 is 0 Å². The van der Waals surface area contributed by atoms with Crippen LogP contribution in [0.2, 0.25) is 0 Å². The number of hydrogen-bond donors (Lipinski definition) is 1. The zero-order valence-electron chi connectivity index (χ0n) is 12.2. The lowest BCUT2D eigenvalue weighted by molar-refractivity contribution is -0.134. The van der Waals surface area contributed by atoms with Gasteiger partial charge in [0.15, 0.2) is 0 Å². The van der Waals surface area contributed by atoms with Crippen molar-refractivity contribution in [2.75, 3.05) is 11.2 Å². The number of piperazine rings is 1. The largest absolute Gasteiger partial charge is 0.342 e.